The van der Waals surface area contributed by atoms with Crippen molar-refractivity contribution < 1.29 is 14.3 Å². The first-order chi connectivity index (χ1) is 16.5. The first-order valence-corrected chi connectivity index (χ1v) is 12.2. The minimum absolute atomic E-state index is 0.0293. The van der Waals surface area contributed by atoms with Crippen molar-refractivity contribution in [3.05, 3.63) is 72.3 Å². The van der Waals surface area contributed by atoms with Crippen LogP contribution in [-0.4, -0.2) is 70.4 Å². The van der Waals surface area contributed by atoms with Crippen molar-refractivity contribution in [3.63, 3.8) is 0 Å². The summed E-state index contributed by atoms with van der Waals surface area (Å²) in [5, 5.41) is 9.25. The van der Waals surface area contributed by atoms with Crippen molar-refractivity contribution in [1.29, 1.82) is 0 Å². The molecule has 1 aliphatic rings. The number of hydrogen-bond acceptors (Lipinski definition) is 6. The van der Waals surface area contributed by atoms with Crippen LogP contribution in [0.4, 0.5) is 0 Å². The molecule has 0 saturated carbocycles. The van der Waals surface area contributed by atoms with E-state index in [0.717, 1.165) is 27.6 Å². The predicted molar refractivity (Wildman–Crippen MR) is 133 cm³/mol. The number of hydrogen-bond donors (Lipinski definition) is 0. The monoisotopic (exact) mass is 476 g/mol. The Balaban J connectivity index is 1.25. The average molecular weight is 477 g/mol. The molecule has 1 aromatic heterocycles. The zero-order chi connectivity index (χ0) is 23.9. The van der Waals surface area contributed by atoms with Gasteiger partial charge in [0, 0.05) is 31.2 Å². The fourth-order valence-corrected chi connectivity index (χ4v) is 4.68. The lowest BCUT2D eigenvalue weighted by Gasteiger charge is -2.40. The van der Waals surface area contributed by atoms with E-state index in [4.69, 9.17) is 4.74 Å². The number of rotatable bonds is 7. The minimum atomic E-state index is -0.0293. The van der Waals surface area contributed by atoms with Crippen molar-refractivity contribution >= 4 is 23.6 Å². The average Bonchev–Trinajstić information content (AvgIpc) is 2.88. The smallest absolute Gasteiger partial charge is 0.233 e. The first-order valence-electron chi connectivity index (χ1n) is 11.3. The number of piperazine rings is 1. The Morgan fingerprint density at radius 2 is 1.74 bits per heavy atom. The number of methoxy groups -OCH3 is 1. The summed E-state index contributed by atoms with van der Waals surface area (Å²) in [5.41, 5.74) is 2.77. The molecule has 0 bridgehead atoms. The van der Waals surface area contributed by atoms with Gasteiger partial charge in [-0.2, -0.15) is 0 Å². The van der Waals surface area contributed by atoms with Crippen LogP contribution in [0.3, 0.4) is 0 Å². The van der Waals surface area contributed by atoms with Gasteiger partial charge < -0.3 is 14.5 Å². The molecule has 1 atom stereocenters. The number of carbonyl (C=O) groups excluding carboxylic acids is 2. The van der Waals surface area contributed by atoms with Crippen molar-refractivity contribution in [1.82, 2.24) is 20.0 Å². The molecule has 1 unspecified atom stereocenters. The van der Waals surface area contributed by atoms with Crippen LogP contribution in [0.25, 0.3) is 11.3 Å². The summed E-state index contributed by atoms with van der Waals surface area (Å²) in [4.78, 5) is 29.3. The fourth-order valence-electron chi connectivity index (χ4n) is 3.96. The van der Waals surface area contributed by atoms with Crippen molar-refractivity contribution in [2.45, 2.75) is 24.4 Å². The Kier molecular flexibility index (Phi) is 7.80. The zero-order valence-corrected chi connectivity index (χ0v) is 20.2. The predicted octanol–water partition coefficient (Wildman–Crippen LogP) is 3.55. The molecular formula is C26H28N4O3S. The third-order valence-electron chi connectivity index (χ3n) is 5.87. The van der Waals surface area contributed by atoms with E-state index in [9.17, 15) is 9.59 Å². The number of aromatic nitrogens is 2. The summed E-state index contributed by atoms with van der Waals surface area (Å²) in [5.74, 6) is 1.19. The molecule has 4 rings (SSSR count). The molecule has 34 heavy (non-hydrogen) atoms. The topological polar surface area (TPSA) is 75.6 Å². The quantitative estimate of drug-likeness (QED) is 0.486. The van der Waals surface area contributed by atoms with Crippen LogP contribution in [0.2, 0.25) is 0 Å². The molecule has 2 aromatic carbocycles. The molecule has 1 fully saturated rings. The molecule has 176 valence electrons. The maximum atomic E-state index is 12.8. The van der Waals surface area contributed by atoms with Gasteiger partial charge in [0.25, 0.3) is 0 Å². The van der Waals surface area contributed by atoms with Crippen molar-refractivity contribution in [2.24, 2.45) is 0 Å². The van der Waals surface area contributed by atoms with Gasteiger partial charge in [0.05, 0.1) is 25.0 Å². The summed E-state index contributed by atoms with van der Waals surface area (Å²) >= 11 is 1.38. The molecule has 2 amide bonds. The van der Waals surface area contributed by atoms with Crippen LogP contribution in [-0.2, 0) is 16.0 Å². The van der Waals surface area contributed by atoms with E-state index in [2.05, 4.69) is 10.2 Å². The van der Waals surface area contributed by atoms with E-state index in [-0.39, 0.29) is 17.9 Å². The standard InChI is InChI=1S/C26H28N4O3S/c1-19-17-29(14-15-30(19)25(31)16-20-8-10-22(33-2)11-9-20)26(32)18-34-24-13-12-23(27-28-24)21-6-4-3-5-7-21/h3-13,19H,14-18H2,1-2H3. The maximum absolute atomic E-state index is 12.8. The molecule has 3 aromatic rings. The Hall–Kier alpha value is -3.39. The van der Waals surface area contributed by atoms with Gasteiger partial charge in [0.15, 0.2) is 0 Å². The highest BCUT2D eigenvalue weighted by Gasteiger charge is 2.29. The van der Waals surface area contributed by atoms with Crippen molar-refractivity contribution in [3.8, 4) is 17.0 Å². The number of nitrogens with zero attached hydrogens (tertiary/aromatic N) is 4. The summed E-state index contributed by atoms with van der Waals surface area (Å²) in [6.45, 7) is 3.60. The van der Waals surface area contributed by atoms with Crippen LogP contribution in [0.5, 0.6) is 5.75 Å². The van der Waals surface area contributed by atoms with E-state index < -0.39 is 0 Å². The van der Waals surface area contributed by atoms with Crippen LogP contribution < -0.4 is 4.74 Å². The maximum Gasteiger partial charge on any atom is 0.233 e. The first kappa shape index (κ1) is 23.8. The second-order valence-corrected chi connectivity index (χ2v) is 9.21. The molecule has 1 saturated heterocycles. The Morgan fingerprint density at radius 3 is 2.38 bits per heavy atom. The minimum Gasteiger partial charge on any atom is -0.497 e. The van der Waals surface area contributed by atoms with E-state index in [0.29, 0.717) is 31.8 Å². The molecule has 2 heterocycles. The van der Waals surface area contributed by atoms with E-state index in [1.54, 1.807) is 7.11 Å². The molecule has 1 aliphatic heterocycles. The van der Waals surface area contributed by atoms with Crippen LogP contribution in [0, 0.1) is 0 Å². The Labute approximate surface area is 204 Å². The summed E-state index contributed by atoms with van der Waals surface area (Å²) in [7, 11) is 1.62. The van der Waals surface area contributed by atoms with Crippen LogP contribution >= 0.6 is 11.8 Å². The third-order valence-corrected chi connectivity index (χ3v) is 6.77. The number of carbonyl (C=O) groups is 2. The largest absolute Gasteiger partial charge is 0.497 e. The van der Waals surface area contributed by atoms with Gasteiger partial charge in [-0.25, -0.2) is 0 Å². The lowest BCUT2D eigenvalue weighted by atomic mass is 10.1. The summed E-state index contributed by atoms with van der Waals surface area (Å²) in [6.07, 6.45) is 0.343. The SMILES string of the molecule is COc1ccc(CC(=O)N2CCN(C(=O)CSc3ccc(-c4ccccc4)nn3)CC2C)cc1. The van der Waals surface area contributed by atoms with Gasteiger partial charge in [-0.3, -0.25) is 9.59 Å². The second-order valence-electron chi connectivity index (χ2n) is 8.21. The Morgan fingerprint density at radius 1 is 0.971 bits per heavy atom. The van der Waals surface area contributed by atoms with E-state index >= 15 is 0 Å². The number of thioether (sulfide) groups is 1. The number of benzene rings is 2. The highest BCUT2D eigenvalue weighted by atomic mass is 32.2. The molecule has 0 spiro atoms. The fraction of sp³-hybridized carbons (Fsp3) is 0.308. The zero-order valence-electron chi connectivity index (χ0n) is 19.4. The van der Waals surface area contributed by atoms with Gasteiger partial charge in [-0.05, 0) is 36.8 Å². The molecular weight excluding hydrogens is 448 g/mol. The lowest BCUT2D eigenvalue weighted by Crippen LogP contribution is -2.56. The lowest BCUT2D eigenvalue weighted by molar-refractivity contribution is -0.140. The Bertz CT molecular complexity index is 1110. The molecule has 0 radical (unpaired) electrons. The highest BCUT2D eigenvalue weighted by molar-refractivity contribution is 7.99. The van der Waals surface area contributed by atoms with Crippen molar-refractivity contribution in [2.75, 3.05) is 32.5 Å². The van der Waals surface area contributed by atoms with Crippen LogP contribution in [0.1, 0.15) is 12.5 Å². The third kappa shape index (κ3) is 5.94. The van der Waals surface area contributed by atoms with Gasteiger partial charge in [0.2, 0.25) is 11.8 Å². The number of ether oxygens (including phenoxy) is 1. The molecule has 7 nitrogen and oxygen atoms in total. The second kappa shape index (κ2) is 11.2. The summed E-state index contributed by atoms with van der Waals surface area (Å²) < 4.78 is 5.17. The normalized spacial score (nSPS) is 15.8. The summed E-state index contributed by atoms with van der Waals surface area (Å²) in [6, 6.07) is 21.2. The molecule has 8 heteroatoms. The molecule has 0 N–H and O–H groups in total. The van der Waals surface area contributed by atoms with Gasteiger partial charge in [0.1, 0.15) is 10.8 Å². The van der Waals surface area contributed by atoms with Gasteiger partial charge in [-0.1, -0.05) is 54.2 Å². The van der Waals surface area contributed by atoms with Gasteiger partial charge >= 0.3 is 0 Å². The number of amides is 2. The van der Waals surface area contributed by atoms with E-state index in [1.165, 1.54) is 11.8 Å². The van der Waals surface area contributed by atoms with Gasteiger partial charge in [-0.15, -0.1) is 10.2 Å². The highest BCUT2D eigenvalue weighted by Crippen LogP contribution is 2.21. The van der Waals surface area contributed by atoms with E-state index in [1.807, 2.05) is 83.5 Å². The van der Waals surface area contributed by atoms with Crippen LogP contribution in [0.15, 0.2) is 71.8 Å². The molecule has 0 aliphatic carbocycles.